The zero-order chi connectivity index (χ0) is 18.9. The SMILES string of the molecule is CCCOc1cccc(C(=O)N(Cc2ccccn2)C2CCCNCC2)c1. The van der Waals surface area contributed by atoms with E-state index in [1.54, 1.807) is 6.20 Å². The van der Waals surface area contributed by atoms with Gasteiger partial charge in [0.2, 0.25) is 0 Å². The van der Waals surface area contributed by atoms with Gasteiger partial charge in [0.1, 0.15) is 5.75 Å². The number of hydrogen-bond donors (Lipinski definition) is 1. The van der Waals surface area contributed by atoms with E-state index >= 15 is 0 Å². The van der Waals surface area contributed by atoms with Gasteiger partial charge < -0.3 is 15.0 Å². The Kier molecular flexibility index (Phi) is 7.22. The third kappa shape index (κ3) is 5.54. The molecule has 1 aromatic heterocycles. The molecule has 5 nitrogen and oxygen atoms in total. The second-order valence-corrected chi connectivity index (χ2v) is 6.97. The number of rotatable bonds is 7. The highest BCUT2D eigenvalue weighted by molar-refractivity contribution is 5.94. The number of nitrogens with zero attached hydrogens (tertiary/aromatic N) is 2. The van der Waals surface area contributed by atoms with Crippen LogP contribution >= 0.6 is 0 Å². The molecule has 2 aromatic rings. The summed E-state index contributed by atoms with van der Waals surface area (Å²) in [4.78, 5) is 19.8. The Morgan fingerprint density at radius 3 is 2.96 bits per heavy atom. The molecule has 1 unspecified atom stereocenters. The van der Waals surface area contributed by atoms with Crippen molar-refractivity contribution in [3.8, 4) is 5.75 Å². The van der Waals surface area contributed by atoms with Crippen LogP contribution in [0.3, 0.4) is 0 Å². The van der Waals surface area contributed by atoms with Crippen LogP contribution in [-0.2, 0) is 6.54 Å². The lowest BCUT2D eigenvalue weighted by atomic mass is 10.0. The third-order valence-corrected chi connectivity index (χ3v) is 4.86. The molecule has 0 radical (unpaired) electrons. The van der Waals surface area contributed by atoms with Crippen molar-refractivity contribution in [3.05, 3.63) is 59.9 Å². The van der Waals surface area contributed by atoms with Gasteiger partial charge in [0, 0.05) is 17.8 Å². The third-order valence-electron chi connectivity index (χ3n) is 4.86. The van der Waals surface area contributed by atoms with Crippen LogP contribution in [-0.4, -0.2) is 41.5 Å². The van der Waals surface area contributed by atoms with Crippen molar-refractivity contribution in [1.82, 2.24) is 15.2 Å². The van der Waals surface area contributed by atoms with Gasteiger partial charge in [-0.15, -0.1) is 0 Å². The molecule has 1 atom stereocenters. The van der Waals surface area contributed by atoms with Gasteiger partial charge in [-0.25, -0.2) is 0 Å². The van der Waals surface area contributed by atoms with Gasteiger partial charge in [-0.05, 0) is 69.1 Å². The number of carbonyl (C=O) groups is 1. The van der Waals surface area contributed by atoms with Crippen LogP contribution in [0.25, 0.3) is 0 Å². The van der Waals surface area contributed by atoms with Gasteiger partial charge in [-0.2, -0.15) is 0 Å². The van der Waals surface area contributed by atoms with Crippen LogP contribution < -0.4 is 10.1 Å². The Bertz CT molecular complexity index is 713. The van der Waals surface area contributed by atoms with E-state index in [0.717, 1.165) is 50.2 Å². The van der Waals surface area contributed by atoms with Gasteiger partial charge in [0.25, 0.3) is 5.91 Å². The summed E-state index contributed by atoms with van der Waals surface area (Å²) < 4.78 is 5.72. The first-order chi connectivity index (χ1) is 13.3. The van der Waals surface area contributed by atoms with Crippen molar-refractivity contribution in [2.24, 2.45) is 0 Å². The molecular weight excluding hydrogens is 338 g/mol. The summed E-state index contributed by atoms with van der Waals surface area (Å²) in [6.07, 6.45) is 5.78. The number of nitrogens with one attached hydrogen (secondary N) is 1. The lowest BCUT2D eigenvalue weighted by molar-refractivity contribution is 0.0642. The first-order valence-electron chi connectivity index (χ1n) is 9.92. The summed E-state index contributed by atoms with van der Waals surface area (Å²) >= 11 is 0. The monoisotopic (exact) mass is 367 g/mol. The minimum absolute atomic E-state index is 0.0505. The number of aromatic nitrogens is 1. The zero-order valence-electron chi connectivity index (χ0n) is 16.1. The predicted octanol–water partition coefficient (Wildman–Crippen LogP) is 3.65. The summed E-state index contributed by atoms with van der Waals surface area (Å²) in [5.74, 6) is 0.803. The molecule has 0 saturated carbocycles. The molecule has 1 fully saturated rings. The lowest BCUT2D eigenvalue weighted by Crippen LogP contribution is -2.40. The molecule has 0 aliphatic carbocycles. The largest absolute Gasteiger partial charge is 0.494 e. The van der Waals surface area contributed by atoms with Gasteiger partial charge >= 0.3 is 0 Å². The van der Waals surface area contributed by atoms with Crippen molar-refractivity contribution < 1.29 is 9.53 Å². The van der Waals surface area contributed by atoms with Crippen LogP contribution in [0.15, 0.2) is 48.7 Å². The van der Waals surface area contributed by atoms with E-state index in [2.05, 4.69) is 17.2 Å². The van der Waals surface area contributed by atoms with E-state index in [0.29, 0.717) is 18.7 Å². The number of ether oxygens (including phenoxy) is 1. The molecule has 144 valence electrons. The summed E-state index contributed by atoms with van der Waals surface area (Å²) in [6.45, 7) is 5.22. The van der Waals surface area contributed by atoms with E-state index in [1.807, 2.05) is 47.4 Å². The minimum atomic E-state index is 0.0505. The highest BCUT2D eigenvalue weighted by Gasteiger charge is 2.26. The fourth-order valence-corrected chi connectivity index (χ4v) is 3.45. The molecule has 1 N–H and O–H groups in total. The summed E-state index contributed by atoms with van der Waals surface area (Å²) in [5.41, 5.74) is 1.60. The minimum Gasteiger partial charge on any atom is -0.494 e. The molecule has 5 heteroatoms. The maximum absolute atomic E-state index is 13.4. The Morgan fingerprint density at radius 2 is 2.15 bits per heavy atom. The number of carbonyl (C=O) groups excluding carboxylic acids is 1. The molecule has 1 aromatic carbocycles. The Hall–Kier alpha value is -2.40. The van der Waals surface area contributed by atoms with E-state index in [4.69, 9.17) is 4.74 Å². The maximum atomic E-state index is 13.4. The predicted molar refractivity (Wildman–Crippen MR) is 107 cm³/mol. The van der Waals surface area contributed by atoms with E-state index in [1.165, 1.54) is 0 Å². The molecule has 1 aliphatic rings. The van der Waals surface area contributed by atoms with Gasteiger partial charge in [-0.3, -0.25) is 9.78 Å². The number of benzene rings is 1. The first-order valence-corrected chi connectivity index (χ1v) is 9.92. The van der Waals surface area contributed by atoms with Crippen LogP contribution in [0, 0.1) is 0 Å². The van der Waals surface area contributed by atoms with Crippen molar-refractivity contribution in [2.75, 3.05) is 19.7 Å². The molecule has 1 aliphatic heterocycles. The zero-order valence-corrected chi connectivity index (χ0v) is 16.1. The number of pyridine rings is 1. The molecule has 1 saturated heterocycles. The van der Waals surface area contributed by atoms with Crippen molar-refractivity contribution in [1.29, 1.82) is 0 Å². The highest BCUT2D eigenvalue weighted by atomic mass is 16.5. The van der Waals surface area contributed by atoms with E-state index in [-0.39, 0.29) is 11.9 Å². The van der Waals surface area contributed by atoms with Crippen LogP contribution in [0.5, 0.6) is 5.75 Å². The fraction of sp³-hybridized carbons (Fsp3) is 0.455. The second-order valence-electron chi connectivity index (χ2n) is 6.97. The number of amides is 1. The Balaban J connectivity index is 1.83. The average Bonchev–Trinajstić information content (AvgIpc) is 3.00. The normalized spacial score (nSPS) is 17.1. The molecular formula is C22H29N3O2. The summed E-state index contributed by atoms with van der Waals surface area (Å²) in [5, 5.41) is 3.43. The number of hydrogen-bond acceptors (Lipinski definition) is 4. The van der Waals surface area contributed by atoms with E-state index in [9.17, 15) is 4.79 Å². The van der Waals surface area contributed by atoms with Crippen LogP contribution in [0.4, 0.5) is 0 Å². The van der Waals surface area contributed by atoms with Crippen LogP contribution in [0.1, 0.15) is 48.7 Å². The lowest BCUT2D eigenvalue weighted by Gasteiger charge is -2.31. The average molecular weight is 367 g/mol. The van der Waals surface area contributed by atoms with Gasteiger partial charge in [0.05, 0.1) is 18.8 Å². The molecule has 3 rings (SSSR count). The van der Waals surface area contributed by atoms with Gasteiger partial charge in [0.15, 0.2) is 0 Å². The second kappa shape index (κ2) is 10.1. The summed E-state index contributed by atoms with van der Waals surface area (Å²) in [6, 6.07) is 13.6. The molecule has 27 heavy (non-hydrogen) atoms. The highest BCUT2D eigenvalue weighted by Crippen LogP contribution is 2.21. The molecule has 0 bridgehead atoms. The van der Waals surface area contributed by atoms with Crippen molar-refractivity contribution in [3.63, 3.8) is 0 Å². The smallest absolute Gasteiger partial charge is 0.254 e. The standard InChI is InChI=1S/C22H29N3O2/c1-2-15-27-21-10-5-7-18(16-21)22(26)25(17-19-8-3-4-13-24-19)20-9-6-12-23-14-11-20/h3-5,7-8,10,13,16,20,23H,2,6,9,11-12,14-15,17H2,1H3. The summed E-state index contributed by atoms with van der Waals surface area (Å²) in [7, 11) is 0. The first kappa shape index (κ1) is 19.4. The fourth-order valence-electron chi connectivity index (χ4n) is 3.45. The maximum Gasteiger partial charge on any atom is 0.254 e. The Morgan fingerprint density at radius 1 is 1.22 bits per heavy atom. The molecule has 2 heterocycles. The molecule has 1 amide bonds. The van der Waals surface area contributed by atoms with Gasteiger partial charge in [-0.1, -0.05) is 19.1 Å². The van der Waals surface area contributed by atoms with Crippen molar-refractivity contribution in [2.45, 2.75) is 45.2 Å². The van der Waals surface area contributed by atoms with Crippen LogP contribution in [0.2, 0.25) is 0 Å². The Labute approximate surface area is 161 Å². The topological polar surface area (TPSA) is 54.5 Å². The molecule has 0 spiro atoms. The quantitative estimate of drug-likeness (QED) is 0.811. The van der Waals surface area contributed by atoms with E-state index < -0.39 is 0 Å². The van der Waals surface area contributed by atoms with Crippen molar-refractivity contribution >= 4 is 5.91 Å².